The van der Waals surface area contributed by atoms with Crippen molar-refractivity contribution in [2.24, 2.45) is 0 Å². The minimum Gasteiger partial charge on any atom is -0.481 e. The first kappa shape index (κ1) is 14.8. The summed E-state index contributed by atoms with van der Waals surface area (Å²) in [6.07, 6.45) is 0.349. The lowest BCUT2D eigenvalue weighted by atomic mass is 10.2. The summed E-state index contributed by atoms with van der Waals surface area (Å²) in [6.45, 7) is 0.256. The van der Waals surface area contributed by atoms with Crippen LogP contribution < -0.4 is 10.6 Å². The smallest absolute Gasteiger partial charge is 0.319 e. The van der Waals surface area contributed by atoms with E-state index in [0.29, 0.717) is 17.7 Å². The van der Waals surface area contributed by atoms with Gasteiger partial charge in [0.05, 0.1) is 22.3 Å². The minimum absolute atomic E-state index is 0.00208. The van der Waals surface area contributed by atoms with Crippen molar-refractivity contribution in [2.45, 2.75) is 12.8 Å². The van der Waals surface area contributed by atoms with E-state index in [0.717, 1.165) is 0 Å². The fraction of sp³-hybridized carbons (Fsp3) is 0.250. The average Bonchev–Trinajstić information content (AvgIpc) is 2.37. The number of hydrogen-bond donors (Lipinski definition) is 3. The summed E-state index contributed by atoms with van der Waals surface area (Å²) in [5, 5.41) is 22.4. The van der Waals surface area contributed by atoms with Gasteiger partial charge in [0.15, 0.2) is 0 Å². The second-order valence-electron chi connectivity index (χ2n) is 3.68. The molecule has 0 saturated heterocycles. The van der Waals surface area contributed by atoms with E-state index >= 15 is 0 Å². The topological polar surface area (TPSA) is 102 Å². The van der Waals surface area contributed by atoms with E-state index in [9.17, 15) is 9.59 Å². The Morgan fingerprint density at radius 1 is 1.42 bits per heavy atom. The monoisotopic (exact) mass is 281 g/mol. The van der Waals surface area contributed by atoms with Gasteiger partial charge in [0.25, 0.3) is 0 Å². The zero-order chi connectivity index (χ0) is 14.3. The maximum atomic E-state index is 11.5. The van der Waals surface area contributed by atoms with Crippen molar-refractivity contribution in [3.05, 3.63) is 28.8 Å². The van der Waals surface area contributed by atoms with Gasteiger partial charge in [-0.1, -0.05) is 11.6 Å². The van der Waals surface area contributed by atoms with Crippen molar-refractivity contribution in [1.29, 1.82) is 5.26 Å². The number of carboxylic acids is 1. The summed E-state index contributed by atoms with van der Waals surface area (Å²) in [7, 11) is 0. The number of urea groups is 1. The predicted octanol–water partition coefficient (Wildman–Crippen LogP) is 2.20. The fourth-order valence-corrected chi connectivity index (χ4v) is 1.52. The second kappa shape index (κ2) is 7.24. The molecular formula is C12H12ClN3O3. The van der Waals surface area contributed by atoms with Gasteiger partial charge in [0.1, 0.15) is 0 Å². The summed E-state index contributed by atoms with van der Waals surface area (Å²) >= 11 is 5.88. The molecule has 0 spiro atoms. The molecule has 0 heterocycles. The van der Waals surface area contributed by atoms with Crippen molar-refractivity contribution < 1.29 is 14.7 Å². The number of aliphatic carboxylic acids is 1. The zero-order valence-corrected chi connectivity index (χ0v) is 10.7. The molecule has 0 unspecified atom stereocenters. The molecule has 0 atom stereocenters. The standard InChI is InChI=1S/C12H12ClN3O3/c13-9-6-8(7-14)3-4-10(9)16-12(19)15-5-1-2-11(17)18/h3-4,6H,1-2,5H2,(H,17,18)(H2,15,16,19). The number of anilines is 1. The molecule has 1 rings (SSSR count). The highest BCUT2D eigenvalue weighted by atomic mass is 35.5. The largest absolute Gasteiger partial charge is 0.481 e. The van der Waals surface area contributed by atoms with Crippen LogP contribution in [0.15, 0.2) is 18.2 Å². The van der Waals surface area contributed by atoms with Gasteiger partial charge in [0.2, 0.25) is 0 Å². The van der Waals surface area contributed by atoms with Crippen LogP contribution in [0.2, 0.25) is 5.02 Å². The molecule has 3 N–H and O–H groups in total. The third-order valence-electron chi connectivity index (χ3n) is 2.20. The molecule has 0 aliphatic heterocycles. The van der Waals surface area contributed by atoms with E-state index in [1.807, 2.05) is 6.07 Å². The molecule has 19 heavy (non-hydrogen) atoms. The van der Waals surface area contributed by atoms with Gasteiger partial charge >= 0.3 is 12.0 Å². The molecule has 2 amide bonds. The number of rotatable bonds is 5. The third-order valence-corrected chi connectivity index (χ3v) is 2.51. The fourth-order valence-electron chi connectivity index (χ4n) is 1.29. The Balaban J connectivity index is 2.44. The van der Waals surface area contributed by atoms with E-state index in [4.69, 9.17) is 22.0 Å². The lowest BCUT2D eigenvalue weighted by molar-refractivity contribution is -0.137. The van der Waals surface area contributed by atoms with Crippen LogP contribution in [0.3, 0.4) is 0 Å². The van der Waals surface area contributed by atoms with Crippen LogP contribution in [0, 0.1) is 11.3 Å². The van der Waals surface area contributed by atoms with Crippen molar-refractivity contribution in [2.75, 3.05) is 11.9 Å². The van der Waals surface area contributed by atoms with Gasteiger partial charge in [-0.3, -0.25) is 4.79 Å². The minimum atomic E-state index is -0.905. The van der Waals surface area contributed by atoms with Crippen LogP contribution in [0.25, 0.3) is 0 Å². The van der Waals surface area contributed by atoms with E-state index in [-0.39, 0.29) is 18.0 Å². The lowest BCUT2D eigenvalue weighted by Crippen LogP contribution is -2.29. The SMILES string of the molecule is N#Cc1ccc(NC(=O)NCCCC(=O)O)c(Cl)c1. The molecule has 0 saturated carbocycles. The Labute approximate surface area is 115 Å². The molecule has 0 bridgehead atoms. The number of carboxylic acid groups (broad SMARTS) is 1. The normalized spacial score (nSPS) is 9.47. The van der Waals surface area contributed by atoms with E-state index in [1.165, 1.54) is 18.2 Å². The molecule has 0 aliphatic carbocycles. The first-order valence-corrected chi connectivity index (χ1v) is 5.87. The number of carbonyl (C=O) groups excluding carboxylic acids is 1. The molecule has 1 aromatic carbocycles. The Hall–Kier alpha value is -2.26. The van der Waals surface area contributed by atoms with Crippen LogP contribution in [-0.2, 0) is 4.79 Å². The number of carbonyl (C=O) groups is 2. The van der Waals surface area contributed by atoms with E-state index < -0.39 is 12.0 Å². The van der Waals surface area contributed by atoms with Crippen LogP contribution in [0.4, 0.5) is 10.5 Å². The molecule has 7 heteroatoms. The molecule has 0 aliphatic rings. The summed E-state index contributed by atoms with van der Waals surface area (Å²) in [5.74, 6) is -0.905. The highest BCUT2D eigenvalue weighted by Gasteiger charge is 2.06. The zero-order valence-electron chi connectivity index (χ0n) is 9.94. The van der Waals surface area contributed by atoms with Crippen LogP contribution in [0.1, 0.15) is 18.4 Å². The van der Waals surface area contributed by atoms with Crippen molar-refractivity contribution in [3.63, 3.8) is 0 Å². The maximum Gasteiger partial charge on any atom is 0.319 e. The van der Waals surface area contributed by atoms with Crippen LogP contribution in [-0.4, -0.2) is 23.7 Å². The molecule has 6 nitrogen and oxygen atoms in total. The number of nitriles is 1. The van der Waals surface area contributed by atoms with Gasteiger partial charge < -0.3 is 15.7 Å². The summed E-state index contributed by atoms with van der Waals surface area (Å²) in [4.78, 5) is 21.7. The van der Waals surface area contributed by atoms with Gasteiger partial charge in [-0.2, -0.15) is 5.26 Å². The highest BCUT2D eigenvalue weighted by molar-refractivity contribution is 6.33. The summed E-state index contributed by atoms with van der Waals surface area (Å²) < 4.78 is 0. The Morgan fingerprint density at radius 2 is 2.16 bits per heavy atom. The Morgan fingerprint density at radius 3 is 2.74 bits per heavy atom. The molecule has 100 valence electrons. The number of nitrogens with one attached hydrogen (secondary N) is 2. The number of halogens is 1. The first-order valence-electron chi connectivity index (χ1n) is 5.49. The third kappa shape index (κ3) is 5.27. The lowest BCUT2D eigenvalue weighted by Gasteiger charge is -2.08. The summed E-state index contributed by atoms with van der Waals surface area (Å²) in [6, 6.07) is 5.96. The van der Waals surface area contributed by atoms with Gasteiger partial charge in [-0.05, 0) is 24.6 Å². The molecule has 0 radical (unpaired) electrons. The molecular weight excluding hydrogens is 270 g/mol. The van der Waals surface area contributed by atoms with Crippen LogP contribution >= 0.6 is 11.6 Å². The average molecular weight is 282 g/mol. The molecule has 0 aromatic heterocycles. The molecule has 1 aromatic rings. The van der Waals surface area contributed by atoms with Gasteiger partial charge in [-0.15, -0.1) is 0 Å². The maximum absolute atomic E-state index is 11.5. The Bertz CT molecular complexity index is 525. The van der Waals surface area contributed by atoms with Crippen LogP contribution in [0.5, 0.6) is 0 Å². The number of benzene rings is 1. The van der Waals surface area contributed by atoms with Crippen molar-refractivity contribution in [1.82, 2.24) is 5.32 Å². The quantitative estimate of drug-likeness (QED) is 0.720. The van der Waals surface area contributed by atoms with Crippen molar-refractivity contribution >= 4 is 29.3 Å². The summed E-state index contributed by atoms with van der Waals surface area (Å²) in [5.41, 5.74) is 0.786. The predicted molar refractivity (Wildman–Crippen MR) is 70.1 cm³/mol. The first-order chi connectivity index (χ1) is 9.02. The van der Waals surface area contributed by atoms with E-state index in [2.05, 4.69) is 10.6 Å². The highest BCUT2D eigenvalue weighted by Crippen LogP contribution is 2.22. The van der Waals surface area contributed by atoms with E-state index in [1.54, 1.807) is 0 Å². The molecule has 0 fully saturated rings. The number of amides is 2. The van der Waals surface area contributed by atoms with Crippen molar-refractivity contribution in [3.8, 4) is 6.07 Å². The van der Waals surface area contributed by atoms with Gasteiger partial charge in [-0.25, -0.2) is 4.79 Å². The Kier molecular flexibility index (Phi) is 5.64. The van der Waals surface area contributed by atoms with Gasteiger partial charge in [0, 0.05) is 13.0 Å². The second-order valence-corrected chi connectivity index (χ2v) is 4.09. The number of nitrogens with zero attached hydrogens (tertiary/aromatic N) is 1. The number of hydrogen-bond acceptors (Lipinski definition) is 3.